The molecule has 3 rings (SSSR count). The fourth-order valence-electron chi connectivity index (χ4n) is 3.23. The van der Waals surface area contributed by atoms with Gasteiger partial charge >= 0.3 is 0 Å². The van der Waals surface area contributed by atoms with Crippen molar-refractivity contribution in [2.75, 3.05) is 19.6 Å². The topological polar surface area (TPSA) is 21.1 Å². The molecule has 1 aromatic carbocycles. The van der Waals surface area contributed by atoms with Crippen molar-refractivity contribution in [1.82, 2.24) is 14.5 Å². The van der Waals surface area contributed by atoms with Gasteiger partial charge in [-0.2, -0.15) is 0 Å². The van der Waals surface area contributed by atoms with E-state index in [1.807, 2.05) is 6.07 Å². The van der Waals surface area contributed by atoms with Gasteiger partial charge in [-0.05, 0) is 50.0 Å². The summed E-state index contributed by atoms with van der Waals surface area (Å²) in [6.45, 7) is 6.97. The standard InChI is InChI=1S/C16H21BrClN3/c1-12(10-20-6-2-3-7-20)11-21-15-8-13(17)4-5-14(15)19-16(21)9-18/h4-5,8,12H,2-3,6-7,9-11H2,1H3. The van der Waals surface area contributed by atoms with E-state index >= 15 is 0 Å². The second-order valence-electron chi connectivity index (χ2n) is 6.02. The predicted octanol–water partition coefficient (Wildman–Crippen LogP) is 4.27. The zero-order valence-corrected chi connectivity index (χ0v) is 14.7. The maximum Gasteiger partial charge on any atom is 0.124 e. The SMILES string of the molecule is CC(CN1CCCC1)Cn1c(CCl)nc2ccc(Br)cc21. The minimum absolute atomic E-state index is 0.461. The summed E-state index contributed by atoms with van der Waals surface area (Å²) < 4.78 is 3.37. The number of rotatable bonds is 5. The second-order valence-corrected chi connectivity index (χ2v) is 7.20. The molecule has 0 aliphatic carbocycles. The van der Waals surface area contributed by atoms with Crippen LogP contribution in [-0.2, 0) is 12.4 Å². The van der Waals surface area contributed by atoms with Gasteiger partial charge in [0.2, 0.25) is 0 Å². The highest BCUT2D eigenvalue weighted by Gasteiger charge is 2.17. The highest BCUT2D eigenvalue weighted by molar-refractivity contribution is 9.10. The average Bonchev–Trinajstić information content (AvgIpc) is 3.07. The van der Waals surface area contributed by atoms with Gasteiger partial charge in [0.05, 0.1) is 16.9 Å². The van der Waals surface area contributed by atoms with Crippen molar-refractivity contribution in [1.29, 1.82) is 0 Å². The molecule has 21 heavy (non-hydrogen) atoms. The van der Waals surface area contributed by atoms with E-state index in [4.69, 9.17) is 11.6 Å². The van der Waals surface area contributed by atoms with Crippen LogP contribution >= 0.6 is 27.5 Å². The van der Waals surface area contributed by atoms with Gasteiger partial charge in [0.25, 0.3) is 0 Å². The molecule has 114 valence electrons. The van der Waals surface area contributed by atoms with Crippen molar-refractivity contribution in [2.45, 2.75) is 32.2 Å². The molecule has 1 atom stereocenters. The zero-order valence-electron chi connectivity index (χ0n) is 12.4. The van der Waals surface area contributed by atoms with Crippen LogP contribution in [0, 0.1) is 5.92 Å². The average molecular weight is 371 g/mol. The number of likely N-dealkylation sites (tertiary alicyclic amines) is 1. The third kappa shape index (κ3) is 3.43. The number of nitrogens with zero attached hydrogens (tertiary/aromatic N) is 3. The van der Waals surface area contributed by atoms with E-state index < -0.39 is 0 Å². The summed E-state index contributed by atoms with van der Waals surface area (Å²) in [6.07, 6.45) is 2.70. The van der Waals surface area contributed by atoms with E-state index in [-0.39, 0.29) is 0 Å². The van der Waals surface area contributed by atoms with Gasteiger partial charge in [0.1, 0.15) is 5.82 Å². The zero-order chi connectivity index (χ0) is 14.8. The third-order valence-electron chi connectivity index (χ3n) is 4.17. The molecule has 0 N–H and O–H groups in total. The van der Waals surface area contributed by atoms with Gasteiger partial charge in [-0.25, -0.2) is 4.98 Å². The van der Waals surface area contributed by atoms with E-state index in [0.717, 1.165) is 28.9 Å². The van der Waals surface area contributed by atoms with Crippen LogP contribution in [0.25, 0.3) is 11.0 Å². The quantitative estimate of drug-likeness (QED) is 0.733. The largest absolute Gasteiger partial charge is 0.327 e. The number of alkyl halides is 1. The molecule has 1 aromatic heterocycles. The van der Waals surface area contributed by atoms with Crippen molar-refractivity contribution < 1.29 is 0 Å². The number of aromatic nitrogens is 2. The molecular formula is C16H21BrClN3. The molecule has 1 unspecified atom stereocenters. The highest BCUT2D eigenvalue weighted by atomic mass is 79.9. The van der Waals surface area contributed by atoms with Crippen LogP contribution in [0.3, 0.4) is 0 Å². The number of hydrogen-bond donors (Lipinski definition) is 0. The Morgan fingerprint density at radius 1 is 1.29 bits per heavy atom. The van der Waals surface area contributed by atoms with Crippen molar-refractivity contribution in [3.8, 4) is 0 Å². The van der Waals surface area contributed by atoms with Gasteiger partial charge in [-0.3, -0.25) is 0 Å². The van der Waals surface area contributed by atoms with Crippen LogP contribution in [0.5, 0.6) is 0 Å². The Labute approximate surface area is 139 Å². The molecule has 3 nitrogen and oxygen atoms in total. The lowest BCUT2D eigenvalue weighted by Crippen LogP contribution is -2.27. The molecule has 0 saturated carbocycles. The lowest BCUT2D eigenvalue weighted by molar-refractivity contribution is 0.272. The Morgan fingerprint density at radius 3 is 2.76 bits per heavy atom. The van der Waals surface area contributed by atoms with Crippen LogP contribution in [0.2, 0.25) is 0 Å². The van der Waals surface area contributed by atoms with Crippen molar-refractivity contribution in [3.05, 3.63) is 28.5 Å². The summed E-state index contributed by atoms with van der Waals surface area (Å²) in [5.74, 6) is 2.03. The molecule has 1 aliphatic rings. The number of imidazole rings is 1. The van der Waals surface area contributed by atoms with E-state index in [2.05, 4.69) is 49.4 Å². The number of halogens is 2. The molecular weight excluding hydrogens is 350 g/mol. The molecule has 0 radical (unpaired) electrons. The van der Waals surface area contributed by atoms with Gasteiger partial charge in [-0.1, -0.05) is 22.9 Å². The summed E-state index contributed by atoms with van der Waals surface area (Å²) >= 11 is 9.64. The first-order valence-corrected chi connectivity index (χ1v) is 8.93. The Balaban J connectivity index is 1.82. The van der Waals surface area contributed by atoms with Crippen molar-refractivity contribution >= 4 is 38.6 Å². The first-order chi connectivity index (χ1) is 10.2. The molecule has 1 fully saturated rings. The lowest BCUT2D eigenvalue weighted by atomic mass is 10.1. The Morgan fingerprint density at radius 2 is 2.05 bits per heavy atom. The van der Waals surface area contributed by atoms with Crippen LogP contribution < -0.4 is 0 Å². The minimum atomic E-state index is 0.461. The molecule has 1 saturated heterocycles. The first-order valence-electron chi connectivity index (χ1n) is 7.60. The molecule has 1 aliphatic heterocycles. The number of benzene rings is 1. The van der Waals surface area contributed by atoms with E-state index in [9.17, 15) is 0 Å². The fraction of sp³-hybridized carbons (Fsp3) is 0.562. The van der Waals surface area contributed by atoms with Crippen LogP contribution in [0.15, 0.2) is 22.7 Å². The van der Waals surface area contributed by atoms with Crippen LogP contribution in [0.4, 0.5) is 0 Å². The normalized spacial score (nSPS) is 17.7. The Kier molecular flexibility index (Phi) is 4.87. The van der Waals surface area contributed by atoms with Crippen molar-refractivity contribution in [2.24, 2.45) is 5.92 Å². The molecule has 2 heterocycles. The summed E-state index contributed by atoms with van der Waals surface area (Å²) in [5.41, 5.74) is 2.20. The maximum absolute atomic E-state index is 6.09. The van der Waals surface area contributed by atoms with Crippen molar-refractivity contribution in [3.63, 3.8) is 0 Å². The molecule has 0 bridgehead atoms. The first kappa shape index (κ1) is 15.3. The Hall–Kier alpha value is -0.580. The molecule has 0 spiro atoms. The van der Waals surface area contributed by atoms with E-state index in [1.165, 1.54) is 31.4 Å². The summed E-state index contributed by atoms with van der Waals surface area (Å²) in [7, 11) is 0. The van der Waals surface area contributed by atoms with Crippen LogP contribution in [-0.4, -0.2) is 34.1 Å². The lowest BCUT2D eigenvalue weighted by Gasteiger charge is -2.21. The molecule has 5 heteroatoms. The van der Waals surface area contributed by atoms with E-state index in [0.29, 0.717) is 11.8 Å². The summed E-state index contributed by atoms with van der Waals surface area (Å²) in [5, 5.41) is 0. The monoisotopic (exact) mass is 369 g/mol. The number of hydrogen-bond acceptors (Lipinski definition) is 2. The fourth-order valence-corrected chi connectivity index (χ4v) is 3.78. The van der Waals surface area contributed by atoms with Gasteiger partial charge in [-0.15, -0.1) is 11.6 Å². The summed E-state index contributed by atoms with van der Waals surface area (Å²) in [4.78, 5) is 7.22. The highest BCUT2D eigenvalue weighted by Crippen LogP contribution is 2.23. The van der Waals surface area contributed by atoms with E-state index in [1.54, 1.807) is 0 Å². The smallest absolute Gasteiger partial charge is 0.124 e. The second kappa shape index (κ2) is 6.67. The molecule has 0 amide bonds. The van der Waals surface area contributed by atoms with Crippen LogP contribution in [0.1, 0.15) is 25.6 Å². The van der Waals surface area contributed by atoms with Gasteiger partial charge in [0, 0.05) is 17.6 Å². The Bertz CT molecular complexity index is 619. The maximum atomic E-state index is 6.09. The number of fused-ring (bicyclic) bond motifs is 1. The summed E-state index contributed by atoms with van der Waals surface area (Å²) in [6, 6.07) is 6.23. The third-order valence-corrected chi connectivity index (χ3v) is 4.90. The van der Waals surface area contributed by atoms with Gasteiger partial charge in [0.15, 0.2) is 0 Å². The van der Waals surface area contributed by atoms with Gasteiger partial charge < -0.3 is 9.47 Å². The predicted molar refractivity (Wildman–Crippen MR) is 91.8 cm³/mol. The minimum Gasteiger partial charge on any atom is -0.327 e. The molecule has 2 aromatic rings.